The number of ether oxygens (including phenoxy) is 4. The Bertz CT molecular complexity index is 1240. The summed E-state index contributed by atoms with van der Waals surface area (Å²) >= 11 is 0. The molecule has 0 saturated carbocycles. The maximum absolute atomic E-state index is 13.2. The van der Waals surface area contributed by atoms with Crippen LogP contribution < -0.4 is 0 Å². The Labute approximate surface area is 191 Å². The zero-order valence-electron chi connectivity index (χ0n) is 18.4. The number of rotatable bonds is 4. The lowest BCUT2D eigenvalue weighted by Gasteiger charge is -2.24. The molecule has 2 saturated heterocycles. The van der Waals surface area contributed by atoms with E-state index in [0.29, 0.717) is 11.2 Å². The van der Waals surface area contributed by atoms with Crippen molar-refractivity contribution in [3.63, 3.8) is 0 Å². The average Bonchev–Trinajstić information content (AvgIpc) is 3.42. The summed E-state index contributed by atoms with van der Waals surface area (Å²) in [5, 5.41) is 0. The number of aromatic nitrogens is 4. The van der Waals surface area contributed by atoms with Gasteiger partial charge in [0.15, 0.2) is 17.7 Å². The molecular weight excluding hydrogens is 457 g/mol. The first-order chi connectivity index (χ1) is 16.0. The van der Waals surface area contributed by atoms with E-state index in [1.54, 1.807) is 18.4 Å². The second-order valence-corrected chi connectivity index (χ2v) is 8.56. The number of halogens is 3. The Hall–Kier alpha value is -3.09. The van der Waals surface area contributed by atoms with Crippen molar-refractivity contribution in [3.05, 3.63) is 42.5 Å². The zero-order chi connectivity index (χ0) is 24.3. The van der Waals surface area contributed by atoms with Crippen molar-refractivity contribution in [2.45, 2.75) is 57.3 Å². The van der Waals surface area contributed by atoms with Gasteiger partial charge in [0, 0.05) is 12.5 Å². The quantitative estimate of drug-likeness (QED) is 0.526. The third-order valence-corrected chi connectivity index (χ3v) is 5.67. The van der Waals surface area contributed by atoms with Gasteiger partial charge in [-0.15, -0.1) is 0 Å². The monoisotopic (exact) mass is 478 g/mol. The lowest BCUT2D eigenvalue weighted by molar-refractivity contribution is -0.201. The standard InChI is InChI=1S/C22H21F3N4O5/c1-11(30)31-8-14-17-18(34-21(2,3)33-17)20(32-14)29-10-28-16-15(26-9-27-19(16)29)12-5-4-6-13(7-12)22(23,24)25/h4-7,9-10,14,17-18,20H,8H2,1-3H3/t14-,17-,18-,20-/m1/s1. The van der Waals surface area contributed by atoms with E-state index in [1.807, 2.05) is 0 Å². The van der Waals surface area contributed by atoms with Crippen molar-refractivity contribution in [1.29, 1.82) is 0 Å². The summed E-state index contributed by atoms with van der Waals surface area (Å²) in [6, 6.07) is 4.87. The largest absolute Gasteiger partial charge is 0.463 e. The molecule has 3 aromatic rings. The fourth-order valence-corrected chi connectivity index (χ4v) is 4.31. The maximum atomic E-state index is 13.2. The van der Waals surface area contributed by atoms with Crippen LogP contribution in [0.15, 0.2) is 36.9 Å². The highest BCUT2D eigenvalue weighted by Crippen LogP contribution is 2.44. The highest BCUT2D eigenvalue weighted by atomic mass is 19.4. The van der Waals surface area contributed by atoms with Crippen molar-refractivity contribution < 1.29 is 36.9 Å². The summed E-state index contributed by atoms with van der Waals surface area (Å²) in [5.41, 5.74) is 0.387. The van der Waals surface area contributed by atoms with Crippen molar-refractivity contribution in [3.8, 4) is 11.3 Å². The Morgan fingerprint density at radius 1 is 1.18 bits per heavy atom. The van der Waals surface area contributed by atoms with Crippen LogP contribution in [0.25, 0.3) is 22.4 Å². The van der Waals surface area contributed by atoms with E-state index < -0.39 is 48.0 Å². The van der Waals surface area contributed by atoms with E-state index in [0.717, 1.165) is 12.1 Å². The molecule has 0 amide bonds. The lowest BCUT2D eigenvalue weighted by Crippen LogP contribution is -2.33. The van der Waals surface area contributed by atoms with Crippen LogP contribution in [0, 0.1) is 0 Å². The molecule has 2 fully saturated rings. The molecule has 180 valence electrons. The fraction of sp³-hybridized carbons (Fsp3) is 0.455. The number of alkyl halides is 3. The molecule has 0 radical (unpaired) electrons. The van der Waals surface area contributed by atoms with E-state index >= 15 is 0 Å². The highest BCUT2D eigenvalue weighted by Gasteiger charge is 2.56. The number of carbonyl (C=O) groups is 1. The zero-order valence-corrected chi connectivity index (χ0v) is 18.4. The topological polar surface area (TPSA) is 97.6 Å². The minimum absolute atomic E-state index is 0.0243. The lowest BCUT2D eigenvalue weighted by atomic mass is 10.1. The molecule has 0 bridgehead atoms. The third kappa shape index (κ3) is 4.01. The number of hydrogen-bond donors (Lipinski definition) is 0. The summed E-state index contributed by atoms with van der Waals surface area (Å²) in [7, 11) is 0. The van der Waals surface area contributed by atoms with Gasteiger partial charge < -0.3 is 18.9 Å². The van der Waals surface area contributed by atoms with Gasteiger partial charge in [0.2, 0.25) is 0 Å². The predicted octanol–water partition coefficient (Wildman–Crippen LogP) is 3.49. The van der Waals surface area contributed by atoms with Gasteiger partial charge in [-0.05, 0) is 26.0 Å². The van der Waals surface area contributed by atoms with Crippen LogP contribution in [0.3, 0.4) is 0 Å². The van der Waals surface area contributed by atoms with Crippen molar-refractivity contribution >= 4 is 17.1 Å². The van der Waals surface area contributed by atoms with Crippen molar-refractivity contribution in [1.82, 2.24) is 19.5 Å². The van der Waals surface area contributed by atoms with Gasteiger partial charge in [-0.25, -0.2) is 15.0 Å². The van der Waals surface area contributed by atoms with E-state index in [2.05, 4.69) is 15.0 Å². The first-order valence-corrected chi connectivity index (χ1v) is 10.5. The molecule has 0 spiro atoms. The number of fused-ring (bicyclic) bond motifs is 2. The number of imidazole rings is 1. The maximum Gasteiger partial charge on any atom is 0.416 e. The Morgan fingerprint density at radius 3 is 2.68 bits per heavy atom. The average molecular weight is 478 g/mol. The normalized spacial score (nSPS) is 26.1. The second-order valence-electron chi connectivity index (χ2n) is 8.56. The Balaban J connectivity index is 1.53. The summed E-state index contributed by atoms with van der Waals surface area (Å²) in [6.07, 6.45) is -4.14. The van der Waals surface area contributed by atoms with Gasteiger partial charge in [-0.1, -0.05) is 12.1 Å². The predicted molar refractivity (Wildman–Crippen MR) is 110 cm³/mol. The molecule has 2 aliphatic rings. The van der Waals surface area contributed by atoms with E-state index in [4.69, 9.17) is 18.9 Å². The van der Waals surface area contributed by atoms with Crippen LogP contribution in [0.2, 0.25) is 0 Å². The van der Waals surface area contributed by atoms with Crippen molar-refractivity contribution in [2.24, 2.45) is 0 Å². The number of hydrogen-bond acceptors (Lipinski definition) is 8. The SMILES string of the molecule is CC(=O)OC[C@H]1O[C@@H](n2cnc3c(-c4cccc(C(F)(F)F)c4)ncnc32)[C@@H]2OC(C)(C)O[C@@H]21. The van der Waals surface area contributed by atoms with E-state index in [-0.39, 0.29) is 17.9 Å². The van der Waals surface area contributed by atoms with Gasteiger partial charge in [-0.3, -0.25) is 9.36 Å². The van der Waals surface area contributed by atoms with Gasteiger partial charge in [0.05, 0.1) is 11.9 Å². The van der Waals surface area contributed by atoms with Gasteiger partial charge in [0.1, 0.15) is 42.5 Å². The molecule has 4 atom stereocenters. The van der Waals surface area contributed by atoms with Crippen LogP contribution in [0.5, 0.6) is 0 Å². The Morgan fingerprint density at radius 2 is 1.94 bits per heavy atom. The molecule has 12 heteroatoms. The van der Waals surface area contributed by atoms with Crippen LogP contribution in [0.4, 0.5) is 13.2 Å². The molecule has 2 aromatic heterocycles. The van der Waals surface area contributed by atoms with Gasteiger partial charge in [-0.2, -0.15) is 13.2 Å². The molecule has 34 heavy (non-hydrogen) atoms. The number of benzene rings is 1. The van der Waals surface area contributed by atoms with Crippen LogP contribution in [0.1, 0.15) is 32.6 Å². The number of esters is 1. The van der Waals surface area contributed by atoms with Gasteiger partial charge >= 0.3 is 12.1 Å². The minimum Gasteiger partial charge on any atom is -0.463 e. The second kappa shape index (κ2) is 8.00. The molecular formula is C22H21F3N4O5. The summed E-state index contributed by atoms with van der Waals surface area (Å²) in [5.74, 6) is -1.34. The molecule has 4 heterocycles. The Kier molecular flexibility index (Phi) is 5.34. The summed E-state index contributed by atoms with van der Waals surface area (Å²) in [4.78, 5) is 24.2. The number of nitrogens with zero attached hydrogens (tertiary/aromatic N) is 4. The first kappa shape index (κ1) is 22.7. The van der Waals surface area contributed by atoms with Gasteiger partial charge in [0.25, 0.3) is 0 Å². The summed E-state index contributed by atoms with van der Waals surface area (Å²) < 4.78 is 64.6. The minimum atomic E-state index is -4.49. The molecule has 1 aromatic carbocycles. The number of carbonyl (C=O) groups excluding carboxylic acids is 1. The third-order valence-electron chi connectivity index (χ3n) is 5.67. The highest BCUT2D eigenvalue weighted by molar-refractivity contribution is 5.87. The van der Waals surface area contributed by atoms with E-state index in [1.165, 1.54) is 31.7 Å². The molecule has 5 rings (SSSR count). The molecule has 9 nitrogen and oxygen atoms in total. The molecule has 0 aliphatic carbocycles. The van der Waals surface area contributed by atoms with E-state index in [9.17, 15) is 18.0 Å². The smallest absolute Gasteiger partial charge is 0.416 e. The van der Waals surface area contributed by atoms with Crippen LogP contribution in [-0.2, 0) is 29.9 Å². The van der Waals surface area contributed by atoms with Crippen LogP contribution in [-0.4, -0.2) is 56.2 Å². The van der Waals surface area contributed by atoms with Crippen LogP contribution >= 0.6 is 0 Å². The van der Waals surface area contributed by atoms with Crippen molar-refractivity contribution in [2.75, 3.05) is 6.61 Å². The molecule has 0 unspecified atom stereocenters. The molecule has 0 N–H and O–H groups in total. The first-order valence-electron chi connectivity index (χ1n) is 10.5. The molecule has 2 aliphatic heterocycles. The summed E-state index contributed by atoms with van der Waals surface area (Å²) in [6.45, 7) is 4.81. The fourth-order valence-electron chi connectivity index (χ4n) is 4.31.